The highest BCUT2D eigenvalue weighted by Gasteiger charge is 2.31. The minimum Gasteiger partial charge on any atom is -0.271 e. The second-order valence-electron chi connectivity index (χ2n) is 4.98. The molecule has 1 aliphatic rings. The molecule has 16 heavy (non-hydrogen) atoms. The summed E-state index contributed by atoms with van der Waals surface area (Å²) in [6.45, 7) is 2.18. The van der Waals surface area contributed by atoms with Crippen molar-refractivity contribution in [2.45, 2.75) is 45.1 Å². The lowest BCUT2D eigenvalue weighted by Gasteiger charge is -2.36. The number of hydrogen-bond donors (Lipinski definition) is 2. The van der Waals surface area contributed by atoms with Crippen LogP contribution in [0, 0.1) is 11.8 Å². The number of nitrogens with one attached hydrogen (secondary N) is 1. The van der Waals surface area contributed by atoms with Gasteiger partial charge in [-0.25, -0.2) is 8.42 Å². The van der Waals surface area contributed by atoms with Gasteiger partial charge in [-0.05, 0) is 18.3 Å². The van der Waals surface area contributed by atoms with Gasteiger partial charge in [-0.3, -0.25) is 11.3 Å². The third-order valence-corrected chi connectivity index (χ3v) is 4.67. The largest absolute Gasteiger partial charge is 0.271 e. The molecule has 1 saturated carbocycles. The topological polar surface area (TPSA) is 72.2 Å². The second-order valence-corrected chi connectivity index (χ2v) is 7.17. The van der Waals surface area contributed by atoms with Gasteiger partial charge in [-0.2, -0.15) is 0 Å². The van der Waals surface area contributed by atoms with E-state index in [1.807, 2.05) is 0 Å². The van der Waals surface area contributed by atoms with Crippen LogP contribution in [0.1, 0.15) is 39.0 Å². The zero-order chi connectivity index (χ0) is 12.2. The summed E-state index contributed by atoms with van der Waals surface area (Å²) in [5.74, 6) is 6.71. The molecule has 1 aliphatic carbocycles. The van der Waals surface area contributed by atoms with Gasteiger partial charge in [0.25, 0.3) is 0 Å². The predicted molar refractivity (Wildman–Crippen MR) is 66.6 cm³/mol. The van der Waals surface area contributed by atoms with Gasteiger partial charge in [0.15, 0.2) is 0 Å². The molecular weight excluding hydrogens is 224 g/mol. The zero-order valence-electron chi connectivity index (χ0n) is 10.3. The molecule has 0 aromatic carbocycles. The Morgan fingerprint density at radius 1 is 1.38 bits per heavy atom. The third-order valence-electron chi connectivity index (χ3n) is 3.71. The number of hydrazine groups is 1. The van der Waals surface area contributed by atoms with Crippen molar-refractivity contribution in [1.29, 1.82) is 0 Å². The van der Waals surface area contributed by atoms with E-state index < -0.39 is 9.84 Å². The molecule has 3 atom stereocenters. The Kier molecular flexibility index (Phi) is 5.21. The van der Waals surface area contributed by atoms with Crippen molar-refractivity contribution in [3.05, 3.63) is 0 Å². The highest BCUT2D eigenvalue weighted by molar-refractivity contribution is 7.90. The Hall–Kier alpha value is -0.130. The Balaban J connectivity index is 2.69. The molecule has 0 amide bonds. The van der Waals surface area contributed by atoms with Crippen LogP contribution < -0.4 is 11.3 Å². The minimum absolute atomic E-state index is 0.0831. The fourth-order valence-corrected chi connectivity index (χ4v) is 3.89. The molecule has 0 radical (unpaired) electrons. The number of nitrogens with two attached hydrogens (primary N) is 1. The predicted octanol–water partition coefficient (Wildman–Crippen LogP) is 1.08. The molecular formula is C11H24N2O2S. The van der Waals surface area contributed by atoms with E-state index in [2.05, 4.69) is 12.3 Å². The Bertz CT molecular complexity index is 303. The lowest BCUT2D eigenvalue weighted by Crippen LogP contribution is -2.48. The molecule has 0 aliphatic heterocycles. The van der Waals surface area contributed by atoms with E-state index in [1.54, 1.807) is 0 Å². The van der Waals surface area contributed by atoms with Gasteiger partial charge < -0.3 is 0 Å². The summed E-state index contributed by atoms with van der Waals surface area (Å²) in [6, 6.07) is -0.0831. The summed E-state index contributed by atoms with van der Waals surface area (Å²) >= 11 is 0. The van der Waals surface area contributed by atoms with E-state index in [1.165, 1.54) is 25.5 Å². The van der Waals surface area contributed by atoms with Gasteiger partial charge in [-0.15, -0.1) is 0 Å². The first-order valence-corrected chi connectivity index (χ1v) is 8.17. The van der Waals surface area contributed by atoms with Crippen LogP contribution in [0.4, 0.5) is 0 Å². The quantitative estimate of drug-likeness (QED) is 0.564. The molecule has 0 spiro atoms. The average molecular weight is 248 g/mol. The average Bonchev–Trinajstić information content (AvgIpc) is 2.24. The molecule has 0 aromatic rings. The van der Waals surface area contributed by atoms with Crippen molar-refractivity contribution in [2.24, 2.45) is 17.7 Å². The Labute approximate surface area is 98.9 Å². The third kappa shape index (κ3) is 4.03. The highest BCUT2D eigenvalue weighted by atomic mass is 32.2. The highest BCUT2D eigenvalue weighted by Crippen LogP contribution is 2.34. The summed E-state index contributed by atoms with van der Waals surface area (Å²) in [5, 5.41) is 0. The molecule has 3 N–H and O–H groups in total. The van der Waals surface area contributed by atoms with Crippen LogP contribution in [-0.4, -0.2) is 26.5 Å². The normalized spacial score (nSPS) is 28.9. The molecule has 0 aromatic heterocycles. The summed E-state index contributed by atoms with van der Waals surface area (Å²) in [5.41, 5.74) is 2.71. The van der Waals surface area contributed by atoms with Crippen molar-refractivity contribution in [3.63, 3.8) is 0 Å². The van der Waals surface area contributed by atoms with Crippen LogP contribution in [0.15, 0.2) is 0 Å². The summed E-state index contributed by atoms with van der Waals surface area (Å²) in [6.07, 6.45) is 7.17. The van der Waals surface area contributed by atoms with Crippen LogP contribution in [0.25, 0.3) is 0 Å². The standard InChI is InChI=1S/C11H24N2O2S/c1-3-9-6-4-5-7-10(9)11(13-12)8-16(2,14)15/h9-11,13H,3-8,12H2,1-2H3. The maximum atomic E-state index is 11.3. The second kappa shape index (κ2) is 5.98. The summed E-state index contributed by atoms with van der Waals surface area (Å²) in [4.78, 5) is 0. The first kappa shape index (κ1) is 13.9. The van der Waals surface area contributed by atoms with Crippen molar-refractivity contribution < 1.29 is 8.42 Å². The first-order valence-electron chi connectivity index (χ1n) is 6.11. The lowest BCUT2D eigenvalue weighted by atomic mass is 9.74. The Morgan fingerprint density at radius 3 is 2.50 bits per heavy atom. The van der Waals surface area contributed by atoms with Crippen LogP contribution in [-0.2, 0) is 9.84 Å². The van der Waals surface area contributed by atoms with Crippen LogP contribution in [0.3, 0.4) is 0 Å². The summed E-state index contributed by atoms with van der Waals surface area (Å²) in [7, 11) is -2.96. The smallest absolute Gasteiger partial charge is 0.149 e. The number of hydrogen-bond acceptors (Lipinski definition) is 4. The Morgan fingerprint density at radius 2 is 2.00 bits per heavy atom. The lowest BCUT2D eigenvalue weighted by molar-refractivity contribution is 0.185. The van der Waals surface area contributed by atoms with Crippen molar-refractivity contribution in [3.8, 4) is 0 Å². The van der Waals surface area contributed by atoms with E-state index in [0.29, 0.717) is 11.8 Å². The SMILES string of the molecule is CCC1CCCCC1C(CS(C)(=O)=O)NN. The maximum absolute atomic E-state index is 11.3. The number of sulfone groups is 1. The van der Waals surface area contributed by atoms with E-state index in [0.717, 1.165) is 12.8 Å². The number of rotatable bonds is 5. The molecule has 5 heteroatoms. The van der Waals surface area contributed by atoms with Crippen molar-refractivity contribution in [2.75, 3.05) is 12.0 Å². The van der Waals surface area contributed by atoms with Crippen LogP contribution in [0.2, 0.25) is 0 Å². The molecule has 0 saturated heterocycles. The van der Waals surface area contributed by atoms with Gasteiger partial charge in [0.1, 0.15) is 9.84 Å². The van der Waals surface area contributed by atoms with Gasteiger partial charge in [0.05, 0.1) is 5.75 Å². The maximum Gasteiger partial charge on any atom is 0.149 e. The molecule has 1 fully saturated rings. The monoisotopic (exact) mass is 248 g/mol. The minimum atomic E-state index is -2.96. The molecule has 96 valence electrons. The van der Waals surface area contributed by atoms with Crippen molar-refractivity contribution >= 4 is 9.84 Å². The van der Waals surface area contributed by atoms with Gasteiger partial charge in [0, 0.05) is 12.3 Å². The van der Waals surface area contributed by atoms with Gasteiger partial charge in [-0.1, -0.05) is 32.6 Å². The van der Waals surface area contributed by atoms with E-state index in [4.69, 9.17) is 5.84 Å². The fraction of sp³-hybridized carbons (Fsp3) is 1.00. The van der Waals surface area contributed by atoms with E-state index in [9.17, 15) is 8.42 Å². The first-order chi connectivity index (χ1) is 7.48. The fourth-order valence-electron chi connectivity index (χ4n) is 2.89. The van der Waals surface area contributed by atoms with Crippen LogP contribution >= 0.6 is 0 Å². The van der Waals surface area contributed by atoms with Crippen LogP contribution in [0.5, 0.6) is 0 Å². The molecule has 0 bridgehead atoms. The van der Waals surface area contributed by atoms with E-state index in [-0.39, 0.29) is 11.8 Å². The van der Waals surface area contributed by atoms with Gasteiger partial charge in [0.2, 0.25) is 0 Å². The molecule has 3 unspecified atom stereocenters. The zero-order valence-corrected chi connectivity index (χ0v) is 11.1. The summed E-state index contributed by atoms with van der Waals surface area (Å²) < 4.78 is 22.7. The molecule has 0 heterocycles. The van der Waals surface area contributed by atoms with Gasteiger partial charge >= 0.3 is 0 Å². The van der Waals surface area contributed by atoms with Crippen molar-refractivity contribution in [1.82, 2.24) is 5.43 Å². The molecule has 4 nitrogen and oxygen atoms in total. The van der Waals surface area contributed by atoms with E-state index >= 15 is 0 Å². The molecule has 1 rings (SSSR count).